The standard InChI is InChI=1S/C25H27Cl2NO4S/c1-4-33(30,31)21-12-5-17(6-13-21)15-24(29)28-19-8-10-20(11-9-19)32-25(2,3)22-14-7-18(26)16-23(22)27/h5-10,12-14,16,20H,4,11,15H2,1-3H3,(H,28,29). The van der Waals surface area contributed by atoms with E-state index in [1.807, 2.05) is 38.1 Å². The first kappa shape index (κ1) is 25.5. The summed E-state index contributed by atoms with van der Waals surface area (Å²) in [7, 11) is -3.25. The van der Waals surface area contributed by atoms with Crippen molar-refractivity contribution in [3.8, 4) is 0 Å². The Morgan fingerprint density at radius 3 is 2.42 bits per heavy atom. The number of ether oxygens (including phenoxy) is 1. The normalized spacial score (nSPS) is 16.4. The third-order valence-electron chi connectivity index (χ3n) is 5.40. The first-order chi connectivity index (χ1) is 15.5. The SMILES string of the molecule is CCS(=O)(=O)c1ccc(CC(=O)NC2=CCC(OC(C)(C)c3ccc(Cl)cc3Cl)C=C2)cc1. The van der Waals surface area contributed by atoms with Crippen LogP contribution in [0, 0.1) is 0 Å². The van der Waals surface area contributed by atoms with Gasteiger partial charge in [0.2, 0.25) is 5.91 Å². The quantitative estimate of drug-likeness (QED) is 0.503. The van der Waals surface area contributed by atoms with E-state index in [4.69, 9.17) is 27.9 Å². The summed E-state index contributed by atoms with van der Waals surface area (Å²) in [6.07, 6.45) is 6.23. The van der Waals surface area contributed by atoms with Crippen molar-refractivity contribution in [3.63, 3.8) is 0 Å². The Morgan fingerprint density at radius 2 is 1.85 bits per heavy atom. The largest absolute Gasteiger partial charge is 0.363 e. The minimum atomic E-state index is -3.25. The van der Waals surface area contributed by atoms with Gasteiger partial charge in [-0.1, -0.05) is 60.5 Å². The van der Waals surface area contributed by atoms with Crippen molar-refractivity contribution < 1.29 is 17.9 Å². The first-order valence-corrected chi connectivity index (χ1v) is 13.0. The van der Waals surface area contributed by atoms with Crippen molar-refractivity contribution in [1.82, 2.24) is 5.32 Å². The molecule has 0 heterocycles. The molecule has 0 radical (unpaired) electrons. The fraction of sp³-hybridized carbons (Fsp3) is 0.320. The van der Waals surface area contributed by atoms with Gasteiger partial charge in [0.25, 0.3) is 0 Å². The number of amides is 1. The second-order valence-corrected chi connectivity index (χ2v) is 11.4. The zero-order chi connectivity index (χ0) is 24.2. The van der Waals surface area contributed by atoms with Gasteiger partial charge < -0.3 is 10.1 Å². The molecule has 1 N–H and O–H groups in total. The first-order valence-electron chi connectivity index (χ1n) is 10.6. The second-order valence-electron chi connectivity index (χ2n) is 8.32. The van der Waals surface area contributed by atoms with Crippen molar-refractivity contribution in [2.75, 3.05) is 5.75 Å². The second kappa shape index (κ2) is 10.4. The average Bonchev–Trinajstić information content (AvgIpc) is 2.75. The van der Waals surface area contributed by atoms with E-state index in [0.717, 1.165) is 11.1 Å². The van der Waals surface area contributed by atoms with Gasteiger partial charge >= 0.3 is 0 Å². The van der Waals surface area contributed by atoms with Crippen LogP contribution in [0.1, 0.15) is 38.3 Å². The summed E-state index contributed by atoms with van der Waals surface area (Å²) in [6.45, 7) is 5.51. The number of benzene rings is 2. The molecule has 0 bridgehead atoms. The van der Waals surface area contributed by atoms with Gasteiger partial charge in [-0.3, -0.25) is 4.79 Å². The lowest BCUT2D eigenvalue weighted by Gasteiger charge is -2.31. The molecule has 1 amide bonds. The molecule has 8 heteroatoms. The number of nitrogens with one attached hydrogen (secondary N) is 1. The Hall–Kier alpha value is -2.12. The molecule has 0 saturated carbocycles. The van der Waals surface area contributed by atoms with Crippen molar-refractivity contribution >= 4 is 38.9 Å². The van der Waals surface area contributed by atoms with Crippen molar-refractivity contribution in [3.05, 3.63) is 87.6 Å². The van der Waals surface area contributed by atoms with Crippen molar-refractivity contribution in [2.45, 2.75) is 50.2 Å². The van der Waals surface area contributed by atoms with E-state index in [1.54, 1.807) is 31.2 Å². The van der Waals surface area contributed by atoms with Gasteiger partial charge in [-0.2, -0.15) is 0 Å². The van der Waals surface area contributed by atoms with Gasteiger partial charge in [-0.15, -0.1) is 0 Å². The van der Waals surface area contributed by atoms with Gasteiger partial charge in [0.1, 0.15) is 0 Å². The molecule has 0 spiro atoms. The van der Waals surface area contributed by atoms with E-state index >= 15 is 0 Å². The lowest BCUT2D eigenvalue weighted by molar-refractivity contribution is -0.119. The van der Waals surface area contributed by atoms with Crippen molar-refractivity contribution in [1.29, 1.82) is 0 Å². The van der Waals surface area contributed by atoms with Crippen LogP contribution in [0.3, 0.4) is 0 Å². The molecule has 1 aliphatic rings. The zero-order valence-corrected chi connectivity index (χ0v) is 21.1. The molecule has 5 nitrogen and oxygen atoms in total. The van der Waals surface area contributed by atoms with Gasteiger partial charge in [-0.05, 0) is 56.2 Å². The lowest BCUT2D eigenvalue weighted by atomic mass is 9.97. The van der Waals surface area contributed by atoms with Gasteiger partial charge in [0.15, 0.2) is 9.84 Å². The molecular formula is C25H27Cl2NO4S. The highest BCUT2D eigenvalue weighted by Gasteiger charge is 2.27. The van der Waals surface area contributed by atoms with Crippen LogP contribution in [-0.2, 0) is 31.4 Å². The van der Waals surface area contributed by atoms with Crippen LogP contribution in [0.2, 0.25) is 10.0 Å². The molecule has 0 aliphatic heterocycles. The van der Waals surface area contributed by atoms with E-state index < -0.39 is 15.4 Å². The number of carbonyl (C=O) groups is 1. The molecule has 2 aromatic rings. The fourth-order valence-electron chi connectivity index (χ4n) is 3.57. The molecule has 1 unspecified atom stereocenters. The third kappa shape index (κ3) is 6.70. The third-order valence-corrected chi connectivity index (χ3v) is 7.70. The van der Waals surface area contributed by atoms with Crippen molar-refractivity contribution in [2.24, 2.45) is 0 Å². The molecule has 0 aromatic heterocycles. The highest BCUT2D eigenvalue weighted by atomic mass is 35.5. The lowest BCUT2D eigenvalue weighted by Crippen LogP contribution is -2.30. The number of halogens is 2. The van der Waals surface area contributed by atoms with Crippen LogP contribution in [0.5, 0.6) is 0 Å². The fourth-order valence-corrected chi connectivity index (χ4v) is 5.09. The highest BCUT2D eigenvalue weighted by molar-refractivity contribution is 7.91. The maximum Gasteiger partial charge on any atom is 0.228 e. The molecule has 1 atom stereocenters. The molecule has 1 aliphatic carbocycles. The van der Waals surface area contributed by atoms with Crippen LogP contribution in [0.25, 0.3) is 0 Å². The summed E-state index contributed by atoms with van der Waals surface area (Å²) in [5.74, 6) is -0.133. The topological polar surface area (TPSA) is 72.5 Å². The zero-order valence-electron chi connectivity index (χ0n) is 18.8. The van der Waals surface area contributed by atoms with Crippen LogP contribution < -0.4 is 5.32 Å². The van der Waals surface area contributed by atoms with Gasteiger partial charge in [0, 0.05) is 21.3 Å². The summed E-state index contributed by atoms with van der Waals surface area (Å²) >= 11 is 12.3. The minimum Gasteiger partial charge on any atom is -0.363 e. The van der Waals surface area contributed by atoms with Crippen LogP contribution in [-0.4, -0.2) is 26.2 Å². The van der Waals surface area contributed by atoms with E-state index in [-0.39, 0.29) is 29.1 Å². The van der Waals surface area contributed by atoms with Crippen LogP contribution >= 0.6 is 23.2 Å². The number of hydrogen-bond acceptors (Lipinski definition) is 4. The van der Waals surface area contributed by atoms with E-state index in [0.29, 0.717) is 22.2 Å². The number of hydrogen-bond donors (Lipinski definition) is 1. The van der Waals surface area contributed by atoms with E-state index in [2.05, 4.69) is 5.32 Å². The molecular weight excluding hydrogens is 481 g/mol. The van der Waals surface area contributed by atoms with Crippen LogP contribution in [0.4, 0.5) is 0 Å². The van der Waals surface area contributed by atoms with E-state index in [1.165, 1.54) is 12.1 Å². The summed E-state index contributed by atoms with van der Waals surface area (Å²) in [5.41, 5.74) is 1.67. The Bertz CT molecular complexity index is 1190. The smallest absolute Gasteiger partial charge is 0.228 e. The molecule has 0 fully saturated rings. The Balaban J connectivity index is 1.55. The molecule has 2 aromatic carbocycles. The summed E-state index contributed by atoms with van der Waals surface area (Å²) < 4.78 is 30.1. The summed E-state index contributed by atoms with van der Waals surface area (Å²) in [4.78, 5) is 12.7. The number of sulfone groups is 1. The Morgan fingerprint density at radius 1 is 1.15 bits per heavy atom. The highest BCUT2D eigenvalue weighted by Crippen LogP contribution is 2.34. The number of rotatable bonds is 8. The van der Waals surface area contributed by atoms with Gasteiger partial charge in [-0.25, -0.2) is 8.42 Å². The van der Waals surface area contributed by atoms with E-state index in [9.17, 15) is 13.2 Å². The number of allylic oxidation sites excluding steroid dienone is 1. The molecule has 33 heavy (non-hydrogen) atoms. The number of carbonyl (C=O) groups excluding carboxylic acids is 1. The Labute approximate surface area is 205 Å². The summed E-state index contributed by atoms with van der Waals surface area (Å²) in [5, 5.41) is 4.00. The van der Waals surface area contributed by atoms with Gasteiger partial charge in [0.05, 0.1) is 28.8 Å². The molecule has 3 rings (SSSR count). The molecule has 176 valence electrons. The van der Waals surface area contributed by atoms with Crippen LogP contribution in [0.15, 0.2) is 71.3 Å². The predicted molar refractivity (Wildman–Crippen MR) is 132 cm³/mol. The minimum absolute atomic E-state index is 0.0436. The maximum atomic E-state index is 12.4. The monoisotopic (exact) mass is 507 g/mol. The summed E-state index contributed by atoms with van der Waals surface area (Å²) in [6, 6.07) is 11.8. The molecule has 0 saturated heterocycles. The average molecular weight is 508 g/mol. The predicted octanol–water partition coefficient (Wildman–Crippen LogP) is 5.61. The maximum absolute atomic E-state index is 12.4. The Kier molecular flexibility index (Phi) is 8.06.